The van der Waals surface area contributed by atoms with Crippen LogP contribution in [0.4, 0.5) is 0 Å². The van der Waals surface area contributed by atoms with Gasteiger partial charge in [0.1, 0.15) is 34.2 Å². The van der Waals surface area contributed by atoms with E-state index in [1.54, 1.807) is 0 Å². The maximum atomic E-state index is 6.46. The fraction of sp³-hybridized carbons (Fsp3) is 0. The summed E-state index contributed by atoms with van der Waals surface area (Å²) in [5.74, 6) is 6.24. The summed E-state index contributed by atoms with van der Waals surface area (Å²) in [5.41, 5.74) is 28.4. The third kappa shape index (κ3) is 14.5. The predicted octanol–water partition coefficient (Wildman–Crippen LogP) is 30.2. The first-order valence-electron chi connectivity index (χ1n) is 46.1. The molecule has 0 saturated carbocycles. The molecule has 8 heterocycles. The molecule has 8 aromatic heterocycles. The lowest BCUT2D eigenvalue weighted by molar-refractivity contribution is 0.670. The van der Waals surface area contributed by atoms with Gasteiger partial charge in [0, 0.05) is 88.5 Å². The van der Waals surface area contributed by atoms with Gasteiger partial charge < -0.3 is 4.42 Å². The van der Waals surface area contributed by atoms with Gasteiger partial charge in [0.2, 0.25) is 11.9 Å². The summed E-state index contributed by atoms with van der Waals surface area (Å²) in [6.07, 6.45) is 0. The predicted molar refractivity (Wildman–Crippen MR) is 560 cm³/mol. The second kappa shape index (κ2) is 35.0. The number of para-hydroxylation sites is 6. The van der Waals surface area contributed by atoms with Gasteiger partial charge >= 0.3 is 0 Å². The molecule has 0 fully saturated rings. The van der Waals surface area contributed by atoms with Crippen LogP contribution in [0.15, 0.2) is 490 Å². The number of furan rings is 1. The lowest BCUT2D eigenvalue weighted by Crippen LogP contribution is -2.06. The zero-order chi connectivity index (χ0) is 91.4. The maximum Gasteiger partial charge on any atom is 0.238 e. The van der Waals surface area contributed by atoms with E-state index in [4.69, 9.17) is 49.3 Å². The first-order chi connectivity index (χ1) is 68.5. The van der Waals surface area contributed by atoms with Crippen molar-refractivity contribution in [3.8, 4) is 142 Å². The molecule has 0 aliphatic heterocycles. The van der Waals surface area contributed by atoms with Gasteiger partial charge in [0.05, 0.1) is 55.0 Å². The lowest BCUT2D eigenvalue weighted by Gasteiger charge is -2.13. The van der Waals surface area contributed by atoms with Crippen LogP contribution in [0.3, 0.4) is 0 Å². The highest BCUT2D eigenvalue weighted by atomic mass is 16.3. The number of hydrogen-bond donors (Lipinski definition) is 0. The van der Waals surface area contributed by atoms with Crippen molar-refractivity contribution in [3.05, 3.63) is 485 Å². The van der Waals surface area contributed by atoms with E-state index in [1.807, 2.05) is 170 Å². The summed E-state index contributed by atoms with van der Waals surface area (Å²) in [6, 6.07) is 167. The standard InChI is InChI=1S/2C46H30N6.C31H20N2O/c1-5-17-31(18-6-1)35-25-13-14-26-36(35)45-47-42-40(51(45)34-23-11-4-12-24-34)30-29-39-41(42)37-27-15-16-28-38(37)52(39)46-49-43(32-19-7-2-8-20-32)48-44(50-46)33-21-9-3-10-22-33;1-5-16-31(17-6-1)34-22-15-23-35(30-34)45-47-42-40(51(45)36-24-11-4-12-25-36)29-28-39-41(42)37-26-13-14-27-38(37)52(39)46-49-43(32-18-7-2-8-19-32)48-44(50-46)33-20-9-3-10-21-33;1-4-12-21(13-5-1)25-20-26-29(28-24-18-10-11-19-27(24)34-30(25)28)32-31(22-14-6-2-7-15-22)33(26)23-16-8-3-9-17-23/h2*1-30H;1-20H. The number of rotatable bonds is 15. The number of imidazole rings is 3. The molecule has 0 spiro atoms. The second-order valence-electron chi connectivity index (χ2n) is 33.9. The van der Waals surface area contributed by atoms with Gasteiger partial charge in [-0.05, 0) is 119 Å². The van der Waals surface area contributed by atoms with E-state index >= 15 is 0 Å². The van der Waals surface area contributed by atoms with Crippen LogP contribution in [0, 0.1) is 0 Å². The minimum Gasteiger partial charge on any atom is -0.455 e. The van der Waals surface area contributed by atoms with Gasteiger partial charge in [-0.2, -0.15) is 19.9 Å². The molecule has 0 atom stereocenters. The van der Waals surface area contributed by atoms with E-state index in [1.165, 1.54) is 5.56 Å². The highest BCUT2D eigenvalue weighted by Crippen LogP contribution is 2.47. The molecule has 0 radical (unpaired) electrons. The average Bonchev–Trinajstić information content (AvgIpc) is 1.56. The largest absolute Gasteiger partial charge is 0.455 e. The minimum atomic E-state index is 0.551. The number of benzene rings is 19. The van der Waals surface area contributed by atoms with Crippen LogP contribution >= 0.6 is 0 Å². The van der Waals surface area contributed by atoms with E-state index in [9.17, 15) is 0 Å². The molecule has 15 heteroatoms. The summed E-state index contributed by atoms with van der Waals surface area (Å²) >= 11 is 0. The van der Waals surface area contributed by atoms with Crippen molar-refractivity contribution < 1.29 is 4.42 Å². The summed E-state index contributed by atoms with van der Waals surface area (Å²) in [4.78, 5) is 46.7. The molecule has 0 amide bonds. The fourth-order valence-electron chi connectivity index (χ4n) is 19.4. The van der Waals surface area contributed by atoms with Crippen LogP contribution in [-0.4, -0.2) is 67.7 Å². The van der Waals surface area contributed by atoms with Crippen LogP contribution in [-0.2, 0) is 0 Å². The number of aromatic nitrogens is 14. The molecule has 0 unspecified atom stereocenters. The van der Waals surface area contributed by atoms with Gasteiger partial charge in [0.25, 0.3) is 0 Å². The Balaban J connectivity index is 0.000000112. The Kier molecular flexibility index (Phi) is 20.5. The Morgan fingerprint density at radius 1 is 0.167 bits per heavy atom. The smallest absolute Gasteiger partial charge is 0.238 e. The van der Waals surface area contributed by atoms with E-state index < -0.39 is 0 Å². The molecule has 0 N–H and O–H groups in total. The average molecular weight is 1770 g/mol. The van der Waals surface area contributed by atoms with Crippen LogP contribution < -0.4 is 0 Å². The van der Waals surface area contributed by atoms with E-state index in [0.29, 0.717) is 35.2 Å². The summed E-state index contributed by atoms with van der Waals surface area (Å²) < 4.78 is 17.6. The Hall–Kier alpha value is -19.0. The molecule has 0 bridgehead atoms. The second-order valence-corrected chi connectivity index (χ2v) is 33.9. The van der Waals surface area contributed by atoms with E-state index in [-0.39, 0.29) is 0 Å². The molecule has 0 saturated heterocycles. The molecular formula is C123H80N14O. The van der Waals surface area contributed by atoms with Crippen LogP contribution in [0.1, 0.15) is 0 Å². The molecule has 138 heavy (non-hydrogen) atoms. The summed E-state index contributed by atoms with van der Waals surface area (Å²) in [7, 11) is 0. The third-order valence-electron chi connectivity index (χ3n) is 25.6. The van der Waals surface area contributed by atoms with Crippen molar-refractivity contribution in [1.29, 1.82) is 0 Å². The molecule has 19 aromatic carbocycles. The van der Waals surface area contributed by atoms with Crippen molar-refractivity contribution in [2.45, 2.75) is 0 Å². The minimum absolute atomic E-state index is 0.551. The first kappa shape index (κ1) is 81.0. The topological polar surface area (TPSA) is 154 Å². The Labute approximate surface area is 792 Å². The lowest BCUT2D eigenvalue weighted by atomic mass is 9.99. The van der Waals surface area contributed by atoms with Crippen molar-refractivity contribution in [3.63, 3.8) is 0 Å². The molecular weight excluding hydrogens is 1690 g/mol. The monoisotopic (exact) mass is 1770 g/mol. The fourth-order valence-corrected chi connectivity index (χ4v) is 19.4. The van der Waals surface area contributed by atoms with Crippen LogP contribution in [0.25, 0.3) is 241 Å². The summed E-state index contributed by atoms with van der Waals surface area (Å²) in [6.45, 7) is 0. The molecule has 27 rings (SSSR count). The highest BCUT2D eigenvalue weighted by Gasteiger charge is 2.29. The van der Waals surface area contributed by atoms with E-state index in [2.05, 4.69) is 338 Å². The van der Waals surface area contributed by atoms with Gasteiger partial charge in [-0.15, -0.1) is 0 Å². The van der Waals surface area contributed by atoms with Gasteiger partial charge in [-0.3, -0.25) is 22.8 Å². The van der Waals surface area contributed by atoms with Gasteiger partial charge in [-0.25, -0.2) is 24.9 Å². The Morgan fingerprint density at radius 3 is 0.928 bits per heavy atom. The zero-order valence-corrected chi connectivity index (χ0v) is 74.4. The highest BCUT2D eigenvalue weighted by molar-refractivity contribution is 6.23. The van der Waals surface area contributed by atoms with Crippen molar-refractivity contribution in [1.82, 2.24) is 67.7 Å². The molecule has 0 aliphatic carbocycles. The number of hydrogen-bond acceptors (Lipinski definition) is 10. The Morgan fingerprint density at radius 2 is 0.478 bits per heavy atom. The first-order valence-corrected chi connectivity index (χ1v) is 46.1. The van der Waals surface area contributed by atoms with Crippen molar-refractivity contribution in [2.75, 3.05) is 0 Å². The van der Waals surface area contributed by atoms with Gasteiger partial charge in [-0.1, -0.05) is 394 Å². The molecule has 27 aromatic rings. The molecule has 0 aliphatic rings. The van der Waals surface area contributed by atoms with Crippen molar-refractivity contribution in [2.24, 2.45) is 0 Å². The van der Waals surface area contributed by atoms with Crippen molar-refractivity contribution >= 4 is 98.7 Å². The number of fused-ring (bicyclic) bond motifs is 15. The Bertz CT molecular complexity index is 9100. The SMILES string of the molecule is c1ccc(-c2cc3c(nc(-c4ccccc4)n3-c3ccccc3)c3c2oc2ccccc23)cc1.c1ccc(-c2cccc(-c3nc4c5c6ccccc6n(-c6nc(-c7ccccc7)nc(-c7ccccc7)n6)c5ccc4n3-c3ccccc3)c2)cc1.c1ccc(-c2nc(-c3ccccc3)nc(-n3c4ccccc4c4c5nc(-c6ccccc6-c6ccccc6)n(-c6ccccc6)c5ccc43)n2)cc1. The summed E-state index contributed by atoms with van der Waals surface area (Å²) in [5, 5.41) is 6.38. The third-order valence-corrected chi connectivity index (χ3v) is 25.6. The van der Waals surface area contributed by atoms with Gasteiger partial charge in [0.15, 0.2) is 23.3 Å². The quantitative estimate of drug-likeness (QED) is 0.0969. The van der Waals surface area contributed by atoms with Crippen LogP contribution in [0.5, 0.6) is 0 Å². The molecule has 15 nitrogen and oxygen atoms in total. The maximum absolute atomic E-state index is 6.46. The van der Waals surface area contributed by atoms with E-state index in [0.717, 1.165) is 200 Å². The van der Waals surface area contributed by atoms with Crippen LogP contribution in [0.2, 0.25) is 0 Å². The zero-order valence-electron chi connectivity index (χ0n) is 74.4. The molecule has 648 valence electrons. The number of nitrogens with zero attached hydrogens (tertiary/aromatic N) is 14. The normalized spacial score (nSPS) is 11.5.